The maximum Gasteiger partial charge on any atom is 0.254 e. The number of aromatic nitrogens is 1. The van der Waals surface area contributed by atoms with E-state index < -0.39 is 0 Å². The monoisotopic (exact) mass is 337 g/mol. The largest absolute Gasteiger partial charge is 0.337 e. The molecule has 1 aromatic heterocycles. The van der Waals surface area contributed by atoms with E-state index in [1.807, 2.05) is 13.0 Å². The molecule has 0 N–H and O–H groups in total. The number of hydrogen-bond donors (Lipinski definition) is 0. The van der Waals surface area contributed by atoms with E-state index in [1.54, 1.807) is 0 Å². The van der Waals surface area contributed by atoms with Crippen molar-refractivity contribution in [2.24, 2.45) is 0 Å². The minimum atomic E-state index is 0.171. The highest BCUT2D eigenvalue weighted by Gasteiger charge is 2.36. The van der Waals surface area contributed by atoms with Crippen LogP contribution in [0.1, 0.15) is 47.8 Å². The third-order valence-corrected chi connectivity index (χ3v) is 6.08. The van der Waals surface area contributed by atoms with Crippen LogP contribution in [-0.4, -0.2) is 52.9 Å². The third kappa shape index (κ3) is 2.93. The molecule has 3 heterocycles. The van der Waals surface area contributed by atoms with E-state index in [2.05, 4.69) is 47.0 Å². The van der Waals surface area contributed by atoms with Crippen molar-refractivity contribution >= 4 is 16.8 Å². The summed E-state index contributed by atoms with van der Waals surface area (Å²) < 4.78 is 0. The van der Waals surface area contributed by atoms with Gasteiger partial charge in [-0.15, -0.1) is 0 Å². The van der Waals surface area contributed by atoms with Gasteiger partial charge in [0, 0.05) is 36.3 Å². The number of likely N-dealkylation sites (tertiary alicyclic amines) is 1. The predicted molar refractivity (Wildman–Crippen MR) is 101 cm³/mol. The van der Waals surface area contributed by atoms with Crippen LogP contribution >= 0.6 is 0 Å². The summed E-state index contributed by atoms with van der Waals surface area (Å²) in [7, 11) is 2.22. The molecule has 2 saturated heterocycles. The van der Waals surface area contributed by atoms with Crippen LogP contribution in [0.4, 0.5) is 0 Å². The fourth-order valence-corrected chi connectivity index (χ4v) is 4.47. The normalized spacial score (nSPS) is 23.9. The van der Waals surface area contributed by atoms with Crippen molar-refractivity contribution in [3.63, 3.8) is 0 Å². The van der Waals surface area contributed by atoms with Gasteiger partial charge in [0.15, 0.2) is 0 Å². The van der Waals surface area contributed by atoms with Crippen molar-refractivity contribution in [1.82, 2.24) is 14.8 Å². The molecule has 0 spiro atoms. The first kappa shape index (κ1) is 16.5. The molecule has 4 nitrogen and oxygen atoms in total. The van der Waals surface area contributed by atoms with Gasteiger partial charge in [-0.05, 0) is 63.4 Å². The Morgan fingerprint density at radius 1 is 1.20 bits per heavy atom. The number of pyridine rings is 1. The van der Waals surface area contributed by atoms with Crippen LogP contribution in [0.3, 0.4) is 0 Å². The molecule has 4 rings (SSSR count). The van der Waals surface area contributed by atoms with Crippen molar-refractivity contribution < 1.29 is 4.79 Å². The highest BCUT2D eigenvalue weighted by molar-refractivity contribution is 6.06. The lowest BCUT2D eigenvalue weighted by atomic mass is 10.0. The van der Waals surface area contributed by atoms with E-state index in [4.69, 9.17) is 0 Å². The Morgan fingerprint density at radius 3 is 2.80 bits per heavy atom. The molecule has 2 aromatic rings. The lowest BCUT2D eigenvalue weighted by molar-refractivity contribution is 0.0742. The minimum Gasteiger partial charge on any atom is -0.337 e. The van der Waals surface area contributed by atoms with E-state index in [1.165, 1.54) is 18.4 Å². The number of amides is 1. The summed E-state index contributed by atoms with van der Waals surface area (Å²) in [4.78, 5) is 22.6. The molecule has 1 amide bonds. The van der Waals surface area contributed by atoms with Gasteiger partial charge in [-0.3, -0.25) is 14.7 Å². The van der Waals surface area contributed by atoms with E-state index in [9.17, 15) is 4.79 Å². The second-order valence-electron chi connectivity index (χ2n) is 7.61. The van der Waals surface area contributed by atoms with Gasteiger partial charge in [-0.2, -0.15) is 0 Å². The molecule has 0 radical (unpaired) electrons. The number of fused-ring (bicyclic) bond motifs is 3. The molecule has 0 unspecified atom stereocenters. The highest BCUT2D eigenvalue weighted by Crippen LogP contribution is 2.30. The smallest absolute Gasteiger partial charge is 0.254 e. The Kier molecular flexibility index (Phi) is 4.24. The van der Waals surface area contributed by atoms with Gasteiger partial charge >= 0.3 is 0 Å². The minimum absolute atomic E-state index is 0.171. The fourth-order valence-electron chi connectivity index (χ4n) is 4.47. The van der Waals surface area contributed by atoms with Crippen LogP contribution in [0.25, 0.3) is 10.9 Å². The quantitative estimate of drug-likeness (QED) is 0.842. The maximum absolute atomic E-state index is 13.4. The molecule has 2 fully saturated rings. The van der Waals surface area contributed by atoms with E-state index in [0.29, 0.717) is 12.1 Å². The van der Waals surface area contributed by atoms with Gasteiger partial charge in [0.2, 0.25) is 0 Å². The molecular weight excluding hydrogens is 310 g/mol. The SMILES string of the molecule is CCc1ccc2nc(C)cc(C(=O)N3CC[C@@H]4CC[C@H](C3)N4C)c2c1. The van der Waals surface area contributed by atoms with Crippen LogP contribution in [0.2, 0.25) is 0 Å². The fraction of sp³-hybridized carbons (Fsp3) is 0.524. The molecule has 132 valence electrons. The summed E-state index contributed by atoms with van der Waals surface area (Å²) in [5, 5.41) is 0.998. The van der Waals surface area contributed by atoms with E-state index in [-0.39, 0.29) is 5.91 Å². The number of likely N-dealkylation sites (N-methyl/N-ethyl adjacent to an activating group) is 1. The molecule has 0 saturated carbocycles. The molecule has 4 heteroatoms. The number of hydrogen-bond acceptors (Lipinski definition) is 3. The molecule has 2 aliphatic rings. The number of carbonyl (C=O) groups excluding carboxylic acids is 1. The molecule has 2 atom stereocenters. The zero-order valence-corrected chi connectivity index (χ0v) is 15.5. The Labute approximate surface area is 149 Å². The van der Waals surface area contributed by atoms with Crippen molar-refractivity contribution in [2.45, 2.75) is 51.6 Å². The summed E-state index contributed by atoms with van der Waals surface area (Å²) >= 11 is 0. The molecule has 1 aromatic carbocycles. The first-order valence-electron chi connectivity index (χ1n) is 9.48. The molecule has 0 aliphatic carbocycles. The number of benzene rings is 1. The maximum atomic E-state index is 13.4. The van der Waals surface area contributed by atoms with Gasteiger partial charge in [0.25, 0.3) is 5.91 Å². The molecule has 2 aliphatic heterocycles. The van der Waals surface area contributed by atoms with Crippen molar-refractivity contribution in [1.29, 1.82) is 0 Å². The number of carbonyl (C=O) groups is 1. The Hall–Kier alpha value is -1.94. The summed E-state index contributed by atoms with van der Waals surface area (Å²) in [5.74, 6) is 0.171. The van der Waals surface area contributed by atoms with Crippen LogP contribution in [0.15, 0.2) is 24.3 Å². The molecule has 2 bridgehead atoms. The topological polar surface area (TPSA) is 36.4 Å². The van der Waals surface area contributed by atoms with Crippen LogP contribution in [0, 0.1) is 6.92 Å². The van der Waals surface area contributed by atoms with Gasteiger partial charge in [-0.25, -0.2) is 0 Å². The van der Waals surface area contributed by atoms with Crippen molar-refractivity contribution in [3.05, 3.63) is 41.1 Å². The van der Waals surface area contributed by atoms with Gasteiger partial charge in [0.05, 0.1) is 11.1 Å². The zero-order valence-electron chi connectivity index (χ0n) is 15.5. The average Bonchev–Trinajstić information content (AvgIpc) is 2.85. The Balaban J connectivity index is 1.72. The lowest BCUT2D eigenvalue weighted by Crippen LogP contribution is -2.39. The van der Waals surface area contributed by atoms with Crippen molar-refractivity contribution in [2.75, 3.05) is 20.1 Å². The lowest BCUT2D eigenvalue weighted by Gasteiger charge is -2.26. The second-order valence-corrected chi connectivity index (χ2v) is 7.61. The van der Waals surface area contributed by atoms with Gasteiger partial charge < -0.3 is 4.90 Å². The predicted octanol–water partition coefficient (Wildman–Crippen LogP) is 3.41. The van der Waals surface area contributed by atoms with E-state index >= 15 is 0 Å². The van der Waals surface area contributed by atoms with Gasteiger partial charge in [0.1, 0.15) is 0 Å². The standard InChI is InChI=1S/C21H27N3O/c1-4-15-5-8-20-18(12-15)19(11-14(2)22-20)21(25)24-10-9-16-6-7-17(13-24)23(16)3/h5,8,11-12,16-17H,4,6-7,9-10,13H2,1-3H3/t16-,17+/m0/s1. The summed E-state index contributed by atoms with van der Waals surface area (Å²) in [5.41, 5.74) is 3.91. The molecular formula is C21H27N3O. The first-order chi connectivity index (χ1) is 12.1. The Morgan fingerprint density at radius 2 is 2.00 bits per heavy atom. The first-order valence-corrected chi connectivity index (χ1v) is 9.48. The van der Waals surface area contributed by atoms with Gasteiger partial charge in [-0.1, -0.05) is 13.0 Å². The van der Waals surface area contributed by atoms with E-state index in [0.717, 1.165) is 48.1 Å². The van der Waals surface area contributed by atoms with Crippen molar-refractivity contribution in [3.8, 4) is 0 Å². The Bertz CT molecular complexity index is 816. The zero-order chi connectivity index (χ0) is 17.6. The summed E-state index contributed by atoms with van der Waals surface area (Å²) in [6.45, 7) is 5.83. The molecule has 25 heavy (non-hydrogen) atoms. The third-order valence-electron chi connectivity index (χ3n) is 6.08. The highest BCUT2D eigenvalue weighted by atomic mass is 16.2. The second kappa shape index (κ2) is 6.41. The average molecular weight is 337 g/mol. The number of rotatable bonds is 2. The van der Waals surface area contributed by atoms with Crippen LogP contribution < -0.4 is 0 Å². The van der Waals surface area contributed by atoms with Crippen LogP contribution in [-0.2, 0) is 6.42 Å². The number of nitrogens with zero attached hydrogens (tertiary/aromatic N) is 3. The summed E-state index contributed by atoms with van der Waals surface area (Å²) in [6.07, 6.45) is 4.54. The number of aryl methyl sites for hydroxylation is 2. The van der Waals surface area contributed by atoms with Crippen LogP contribution in [0.5, 0.6) is 0 Å². The summed E-state index contributed by atoms with van der Waals surface area (Å²) in [6, 6.07) is 9.43.